The molecule has 1 heterocycles. The normalized spacial score (nSPS) is 21.0. The number of piperidine rings is 1. The molecule has 3 N–H and O–H groups in total. The van der Waals surface area contributed by atoms with Crippen molar-refractivity contribution in [1.82, 2.24) is 10.2 Å². The van der Waals surface area contributed by atoms with Gasteiger partial charge in [0.1, 0.15) is 0 Å². The summed E-state index contributed by atoms with van der Waals surface area (Å²) in [6, 6.07) is 8.71. The first-order valence-corrected chi connectivity index (χ1v) is 7.88. The van der Waals surface area contributed by atoms with Gasteiger partial charge in [0.15, 0.2) is 0 Å². The zero-order valence-electron chi connectivity index (χ0n) is 13.1. The third-order valence-electron chi connectivity index (χ3n) is 4.23. The highest BCUT2D eigenvalue weighted by atomic mass is 16.2. The molecule has 0 aliphatic carbocycles. The largest absolute Gasteiger partial charge is 0.351 e. The van der Waals surface area contributed by atoms with Crippen LogP contribution < -0.4 is 11.1 Å². The summed E-state index contributed by atoms with van der Waals surface area (Å²) in [6.07, 6.45) is 3.48. The number of carbonyl (C=O) groups is 1. The molecule has 1 saturated heterocycles. The van der Waals surface area contributed by atoms with E-state index >= 15 is 0 Å². The molecule has 1 aromatic carbocycles. The molecule has 0 spiro atoms. The number of nitrogens with zero attached hydrogens (tertiary/aromatic N) is 1. The highest BCUT2D eigenvalue weighted by molar-refractivity contribution is 5.78. The fraction of sp³-hybridized carbons (Fsp3) is 0.588. The lowest BCUT2D eigenvalue weighted by Gasteiger charge is -2.37. The second kappa shape index (κ2) is 7.57. The van der Waals surface area contributed by atoms with E-state index < -0.39 is 0 Å². The summed E-state index contributed by atoms with van der Waals surface area (Å²) in [6.45, 7) is 6.12. The number of nitrogens with one attached hydrogen (secondary N) is 1. The molecule has 2 unspecified atom stereocenters. The summed E-state index contributed by atoms with van der Waals surface area (Å²) in [5.74, 6) is 0.0862. The summed E-state index contributed by atoms with van der Waals surface area (Å²) >= 11 is 0. The lowest BCUT2D eigenvalue weighted by atomic mass is 9.97. The van der Waals surface area contributed by atoms with Crippen LogP contribution in [0.5, 0.6) is 0 Å². The topological polar surface area (TPSA) is 58.4 Å². The molecule has 0 saturated carbocycles. The molecule has 4 nitrogen and oxygen atoms in total. The Hall–Kier alpha value is -1.39. The van der Waals surface area contributed by atoms with E-state index in [2.05, 4.69) is 41.4 Å². The van der Waals surface area contributed by atoms with E-state index in [-0.39, 0.29) is 11.9 Å². The van der Waals surface area contributed by atoms with E-state index in [4.69, 9.17) is 5.73 Å². The maximum Gasteiger partial charge on any atom is 0.234 e. The SMILES string of the molecule is Cc1ccc(CNC(=O)CN2CCCCC2C(C)N)cc1. The van der Waals surface area contributed by atoms with Gasteiger partial charge in [-0.05, 0) is 38.8 Å². The van der Waals surface area contributed by atoms with Crippen LogP contribution in [-0.2, 0) is 11.3 Å². The van der Waals surface area contributed by atoms with Gasteiger partial charge >= 0.3 is 0 Å². The zero-order chi connectivity index (χ0) is 15.2. The van der Waals surface area contributed by atoms with Gasteiger partial charge in [-0.3, -0.25) is 9.69 Å². The average molecular weight is 289 g/mol. The fourth-order valence-corrected chi connectivity index (χ4v) is 2.96. The van der Waals surface area contributed by atoms with Crippen molar-refractivity contribution in [3.63, 3.8) is 0 Å². The van der Waals surface area contributed by atoms with E-state index in [9.17, 15) is 4.79 Å². The average Bonchev–Trinajstić information content (AvgIpc) is 2.47. The molecule has 2 rings (SSSR count). The Labute approximate surface area is 127 Å². The Morgan fingerprint density at radius 2 is 2.10 bits per heavy atom. The first kappa shape index (κ1) is 16.0. The van der Waals surface area contributed by atoms with Gasteiger partial charge in [-0.2, -0.15) is 0 Å². The molecule has 1 aliphatic heterocycles. The number of carbonyl (C=O) groups excluding carboxylic acids is 1. The summed E-state index contributed by atoms with van der Waals surface area (Å²) < 4.78 is 0. The van der Waals surface area contributed by atoms with Crippen LogP contribution in [0.4, 0.5) is 0 Å². The summed E-state index contributed by atoms with van der Waals surface area (Å²) in [5, 5.41) is 3.00. The van der Waals surface area contributed by atoms with Crippen LogP contribution in [0.25, 0.3) is 0 Å². The molecule has 0 aromatic heterocycles. The van der Waals surface area contributed by atoms with E-state index in [1.807, 2.05) is 6.92 Å². The van der Waals surface area contributed by atoms with Gasteiger partial charge in [-0.25, -0.2) is 0 Å². The van der Waals surface area contributed by atoms with Gasteiger partial charge in [0.25, 0.3) is 0 Å². The monoisotopic (exact) mass is 289 g/mol. The fourth-order valence-electron chi connectivity index (χ4n) is 2.96. The van der Waals surface area contributed by atoms with Gasteiger partial charge < -0.3 is 11.1 Å². The Morgan fingerprint density at radius 3 is 2.76 bits per heavy atom. The molecular weight excluding hydrogens is 262 g/mol. The van der Waals surface area contributed by atoms with Crippen molar-refractivity contribution in [2.75, 3.05) is 13.1 Å². The minimum atomic E-state index is 0.0862. The van der Waals surface area contributed by atoms with Crippen LogP contribution in [0.2, 0.25) is 0 Å². The number of aryl methyl sites for hydroxylation is 1. The van der Waals surface area contributed by atoms with Gasteiger partial charge in [0.2, 0.25) is 5.91 Å². The molecule has 1 aliphatic rings. The predicted octanol–water partition coefficient (Wildman–Crippen LogP) is 1.81. The summed E-state index contributed by atoms with van der Waals surface area (Å²) in [5.41, 5.74) is 8.41. The number of hydrogen-bond acceptors (Lipinski definition) is 3. The number of amides is 1. The highest BCUT2D eigenvalue weighted by Crippen LogP contribution is 2.18. The van der Waals surface area contributed by atoms with Gasteiger partial charge in [-0.1, -0.05) is 36.2 Å². The quantitative estimate of drug-likeness (QED) is 0.869. The van der Waals surface area contributed by atoms with Gasteiger partial charge in [0, 0.05) is 18.6 Å². The molecule has 0 radical (unpaired) electrons. The lowest BCUT2D eigenvalue weighted by molar-refractivity contribution is -0.123. The van der Waals surface area contributed by atoms with Crippen LogP contribution in [0.1, 0.15) is 37.3 Å². The zero-order valence-corrected chi connectivity index (χ0v) is 13.1. The van der Waals surface area contributed by atoms with Crippen LogP contribution in [0, 0.1) is 6.92 Å². The predicted molar refractivity (Wildman–Crippen MR) is 85.9 cm³/mol. The Bertz CT molecular complexity index is 456. The number of likely N-dealkylation sites (tertiary alicyclic amines) is 1. The van der Waals surface area contributed by atoms with Crippen molar-refractivity contribution in [2.24, 2.45) is 5.73 Å². The Kier molecular flexibility index (Phi) is 5.76. The molecular formula is C17H27N3O. The van der Waals surface area contributed by atoms with E-state index in [1.165, 1.54) is 12.0 Å². The molecule has 2 atom stereocenters. The summed E-state index contributed by atoms with van der Waals surface area (Å²) in [4.78, 5) is 14.4. The van der Waals surface area contributed by atoms with Crippen LogP contribution >= 0.6 is 0 Å². The second-order valence-electron chi connectivity index (χ2n) is 6.16. The van der Waals surface area contributed by atoms with Crippen LogP contribution in [-0.4, -0.2) is 36.0 Å². The standard InChI is InChI=1S/C17H27N3O/c1-13-6-8-15(9-7-13)11-19-17(21)12-20-10-4-3-5-16(20)14(2)18/h6-9,14,16H,3-5,10-12,18H2,1-2H3,(H,19,21). The van der Waals surface area contributed by atoms with E-state index in [0.717, 1.165) is 24.9 Å². The smallest absolute Gasteiger partial charge is 0.234 e. The molecule has 1 fully saturated rings. The minimum absolute atomic E-state index is 0.0862. The van der Waals surface area contributed by atoms with Gasteiger partial charge in [-0.15, -0.1) is 0 Å². The third kappa shape index (κ3) is 4.83. The minimum Gasteiger partial charge on any atom is -0.351 e. The van der Waals surface area contributed by atoms with Crippen LogP contribution in [0.3, 0.4) is 0 Å². The second-order valence-corrected chi connectivity index (χ2v) is 6.16. The maximum atomic E-state index is 12.1. The number of benzene rings is 1. The van der Waals surface area contributed by atoms with Crippen molar-refractivity contribution in [3.05, 3.63) is 35.4 Å². The van der Waals surface area contributed by atoms with Gasteiger partial charge in [0.05, 0.1) is 6.54 Å². The lowest BCUT2D eigenvalue weighted by Crippen LogP contribution is -2.52. The Balaban J connectivity index is 1.81. The van der Waals surface area contributed by atoms with E-state index in [1.54, 1.807) is 0 Å². The molecule has 116 valence electrons. The van der Waals surface area contributed by atoms with Crippen LogP contribution in [0.15, 0.2) is 24.3 Å². The number of nitrogens with two attached hydrogens (primary N) is 1. The van der Waals surface area contributed by atoms with E-state index in [0.29, 0.717) is 19.1 Å². The van der Waals surface area contributed by atoms with Crippen molar-refractivity contribution < 1.29 is 4.79 Å². The molecule has 1 amide bonds. The molecule has 1 aromatic rings. The third-order valence-corrected chi connectivity index (χ3v) is 4.23. The molecule has 0 bridgehead atoms. The number of rotatable bonds is 5. The van der Waals surface area contributed by atoms with Crippen molar-refractivity contribution in [2.45, 2.75) is 51.7 Å². The maximum absolute atomic E-state index is 12.1. The first-order valence-electron chi connectivity index (χ1n) is 7.88. The van der Waals surface area contributed by atoms with Crippen molar-refractivity contribution in [1.29, 1.82) is 0 Å². The van der Waals surface area contributed by atoms with Crippen molar-refractivity contribution in [3.8, 4) is 0 Å². The molecule has 21 heavy (non-hydrogen) atoms. The molecule has 4 heteroatoms. The Morgan fingerprint density at radius 1 is 1.38 bits per heavy atom. The van der Waals surface area contributed by atoms with Crippen molar-refractivity contribution >= 4 is 5.91 Å². The summed E-state index contributed by atoms with van der Waals surface area (Å²) in [7, 11) is 0. The number of hydrogen-bond donors (Lipinski definition) is 2. The highest BCUT2D eigenvalue weighted by Gasteiger charge is 2.26. The first-order chi connectivity index (χ1) is 10.1.